The number of fused-ring (bicyclic) bond motifs is 1. The lowest BCUT2D eigenvalue weighted by molar-refractivity contribution is 0.414. The molecule has 0 spiro atoms. The van der Waals surface area contributed by atoms with Gasteiger partial charge in [0, 0.05) is 24.8 Å². The smallest absolute Gasteiger partial charge is 0.119 e. The van der Waals surface area contributed by atoms with Crippen molar-refractivity contribution in [3.63, 3.8) is 0 Å². The molecule has 0 radical (unpaired) electrons. The van der Waals surface area contributed by atoms with E-state index in [2.05, 4.69) is 52.5 Å². The van der Waals surface area contributed by atoms with Crippen LogP contribution in [0, 0.1) is 0 Å². The number of nitrogens with zero attached hydrogens (tertiary/aromatic N) is 1. The van der Waals surface area contributed by atoms with Gasteiger partial charge in [-0.05, 0) is 53.9 Å². The van der Waals surface area contributed by atoms with E-state index in [9.17, 15) is 0 Å². The van der Waals surface area contributed by atoms with Crippen molar-refractivity contribution in [1.82, 2.24) is 9.88 Å². The normalized spacial score (nSPS) is 11.0. The molecule has 3 nitrogen and oxygen atoms in total. The van der Waals surface area contributed by atoms with Gasteiger partial charge < -0.3 is 14.6 Å². The lowest BCUT2D eigenvalue weighted by atomic mass is 10.1. The van der Waals surface area contributed by atoms with Gasteiger partial charge in [0.2, 0.25) is 0 Å². The van der Waals surface area contributed by atoms with Crippen LogP contribution >= 0.6 is 0 Å². The van der Waals surface area contributed by atoms with Gasteiger partial charge in [-0.15, -0.1) is 0 Å². The third kappa shape index (κ3) is 2.93. The molecule has 1 heterocycles. The van der Waals surface area contributed by atoms with E-state index in [1.54, 1.807) is 7.11 Å². The molecule has 0 bridgehead atoms. The van der Waals surface area contributed by atoms with E-state index in [0.717, 1.165) is 18.8 Å². The fourth-order valence-electron chi connectivity index (χ4n) is 2.67. The highest BCUT2D eigenvalue weighted by atomic mass is 16.5. The average Bonchev–Trinajstić information content (AvgIpc) is 2.90. The number of benzene rings is 2. The van der Waals surface area contributed by atoms with Crippen LogP contribution in [-0.4, -0.2) is 18.7 Å². The Kier molecular flexibility index (Phi) is 3.93. The lowest BCUT2D eigenvalue weighted by Crippen LogP contribution is -2.04. The zero-order valence-corrected chi connectivity index (χ0v) is 12.5. The van der Waals surface area contributed by atoms with Gasteiger partial charge in [-0.3, -0.25) is 0 Å². The molecule has 108 valence electrons. The van der Waals surface area contributed by atoms with Crippen LogP contribution in [0.15, 0.2) is 54.7 Å². The van der Waals surface area contributed by atoms with E-state index in [1.165, 1.54) is 22.0 Å². The molecule has 0 unspecified atom stereocenters. The minimum atomic E-state index is 0.853. The van der Waals surface area contributed by atoms with Crippen LogP contribution in [0.2, 0.25) is 0 Å². The predicted octanol–water partition coefficient (Wildman–Crippen LogP) is 3.42. The average molecular weight is 280 g/mol. The highest BCUT2D eigenvalue weighted by molar-refractivity contribution is 5.81. The summed E-state index contributed by atoms with van der Waals surface area (Å²) >= 11 is 0. The highest BCUT2D eigenvalue weighted by Crippen LogP contribution is 2.20. The second kappa shape index (κ2) is 6.02. The van der Waals surface area contributed by atoms with Crippen LogP contribution in [0.3, 0.4) is 0 Å². The number of hydrogen-bond donors (Lipinski definition) is 1. The predicted molar refractivity (Wildman–Crippen MR) is 86.8 cm³/mol. The van der Waals surface area contributed by atoms with Gasteiger partial charge in [0.05, 0.1) is 7.11 Å². The Hall–Kier alpha value is -2.26. The van der Waals surface area contributed by atoms with Gasteiger partial charge in [-0.2, -0.15) is 0 Å². The summed E-state index contributed by atoms with van der Waals surface area (Å²) in [5, 5.41) is 4.47. The first-order chi connectivity index (χ1) is 10.3. The first kappa shape index (κ1) is 13.7. The van der Waals surface area contributed by atoms with Crippen LogP contribution in [0.25, 0.3) is 10.9 Å². The first-order valence-corrected chi connectivity index (χ1v) is 7.15. The molecular weight excluding hydrogens is 260 g/mol. The number of rotatable bonds is 5. The van der Waals surface area contributed by atoms with Crippen molar-refractivity contribution in [3.8, 4) is 5.75 Å². The number of methoxy groups -OCH3 is 1. The van der Waals surface area contributed by atoms with E-state index in [4.69, 9.17) is 4.74 Å². The van der Waals surface area contributed by atoms with Gasteiger partial charge in [0.25, 0.3) is 0 Å². The summed E-state index contributed by atoms with van der Waals surface area (Å²) in [7, 11) is 3.67. The van der Waals surface area contributed by atoms with E-state index >= 15 is 0 Å². The summed E-state index contributed by atoms with van der Waals surface area (Å²) in [5.74, 6) is 0.903. The van der Waals surface area contributed by atoms with Gasteiger partial charge in [-0.1, -0.05) is 18.2 Å². The quantitative estimate of drug-likeness (QED) is 0.775. The third-order valence-corrected chi connectivity index (χ3v) is 3.70. The van der Waals surface area contributed by atoms with Gasteiger partial charge in [0.1, 0.15) is 5.75 Å². The molecule has 0 saturated carbocycles. The van der Waals surface area contributed by atoms with Crippen molar-refractivity contribution in [2.45, 2.75) is 13.1 Å². The van der Waals surface area contributed by atoms with Crippen LogP contribution in [-0.2, 0) is 13.1 Å². The molecule has 3 aromatic rings. The van der Waals surface area contributed by atoms with Gasteiger partial charge in [0.15, 0.2) is 0 Å². The summed E-state index contributed by atoms with van der Waals surface area (Å²) in [6.07, 6.45) is 2.15. The lowest BCUT2D eigenvalue weighted by Gasteiger charge is -2.08. The minimum Gasteiger partial charge on any atom is -0.497 e. The van der Waals surface area contributed by atoms with Crippen molar-refractivity contribution >= 4 is 10.9 Å². The monoisotopic (exact) mass is 280 g/mol. The summed E-state index contributed by atoms with van der Waals surface area (Å²) in [5.41, 5.74) is 3.81. The zero-order chi connectivity index (χ0) is 14.7. The fraction of sp³-hybridized carbons (Fsp3) is 0.222. The van der Waals surface area contributed by atoms with E-state index in [0.29, 0.717) is 0 Å². The Morgan fingerprint density at radius 2 is 1.95 bits per heavy atom. The summed E-state index contributed by atoms with van der Waals surface area (Å²) < 4.78 is 7.56. The molecule has 0 atom stereocenters. The molecule has 0 aliphatic rings. The highest BCUT2D eigenvalue weighted by Gasteiger charge is 2.04. The third-order valence-electron chi connectivity index (χ3n) is 3.70. The van der Waals surface area contributed by atoms with Gasteiger partial charge in [-0.25, -0.2) is 0 Å². The van der Waals surface area contributed by atoms with Crippen molar-refractivity contribution in [1.29, 1.82) is 0 Å². The van der Waals surface area contributed by atoms with Crippen molar-refractivity contribution in [2.24, 2.45) is 0 Å². The molecule has 3 heteroatoms. The largest absolute Gasteiger partial charge is 0.497 e. The number of nitrogens with one attached hydrogen (secondary N) is 1. The first-order valence-electron chi connectivity index (χ1n) is 7.15. The SMILES string of the molecule is CNCc1ccc2c(ccn2Cc2cccc(OC)c2)c1. The zero-order valence-electron chi connectivity index (χ0n) is 12.5. The molecule has 2 aromatic carbocycles. The van der Waals surface area contributed by atoms with E-state index in [-0.39, 0.29) is 0 Å². The standard InChI is InChI=1S/C18H20N2O/c1-19-12-14-6-7-18-16(10-14)8-9-20(18)13-15-4-3-5-17(11-15)21-2/h3-11,19H,12-13H2,1-2H3. The minimum absolute atomic E-state index is 0.853. The molecule has 0 fully saturated rings. The fourth-order valence-corrected chi connectivity index (χ4v) is 2.67. The Morgan fingerprint density at radius 1 is 1.05 bits per heavy atom. The van der Waals surface area contributed by atoms with Crippen LogP contribution in [0.4, 0.5) is 0 Å². The Morgan fingerprint density at radius 3 is 2.76 bits per heavy atom. The number of aromatic nitrogens is 1. The molecule has 0 saturated heterocycles. The molecule has 0 aliphatic heterocycles. The summed E-state index contributed by atoms with van der Waals surface area (Å²) in [4.78, 5) is 0. The van der Waals surface area contributed by atoms with Crippen molar-refractivity contribution in [3.05, 3.63) is 65.9 Å². The van der Waals surface area contributed by atoms with Crippen molar-refractivity contribution in [2.75, 3.05) is 14.2 Å². The van der Waals surface area contributed by atoms with Crippen LogP contribution < -0.4 is 10.1 Å². The Bertz CT molecular complexity index is 746. The molecule has 1 aromatic heterocycles. The van der Waals surface area contributed by atoms with Crippen LogP contribution in [0.5, 0.6) is 5.75 Å². The van der Waals surface area contributed by atoms with Crippen molar-refractivity contribution < 1.29 is 4.74 Å². The summed E-state index contributed by atoms with van der Waals surface area (Å²) in [6, 6.07) is 17.0. The molecule has 0 amide bonds. The van der Waals surface area contributed by atoms with E-state index < -0.39 is 0 Å². The molecule has 0 aliphatic carbocycles. The molecular formula is C18H20N2O. The number of hydrogen-bond acceptors (Lipinski definition) is 2. The second-order valence-corrected chi connectivity index (χ2v) is 5.22. The molecule has 1 N–H and O–H groups in total. The van der Waals surface area contributed by atoms with Gasteiger partial charge >= 0.3 is 0 Å². The maximum absolute atomic E-state index is 5.29. The van der Waals surface area contributed by atoms with E-state index in [1.807, 2.05) is 19.2 Å². The van der Waals surface area contributed by atoms with Crippen LogP contribution in [0.1, 0.15) is 11.1 Å². The Balaban J connectivity index is 1.90. The Labute approximate surface area is 125 Å². The topological polar surface area (TPSA) is 26.2 Å². The summed E-state index contributed by atoms with van der Waals surface area (Å²) in [6.45, 7) is 1.75. The number of ether oxygens (including phenoxy) is 1. The maximum Gasteiger partial charge on any atom is 0.119 e. The molecule has 3 rings (SSSR count). The second-order valence-electron chi connectivity index (χ2n) is 5.22. The molecule has 21 heavy (non-hydrogen) atoms. The maximum atomic E-state index is 5.29.